The van der Waals surface area contributed by atoms with Crippen LogP contribution in [0.1, 0.15) is 63.0 Å². The van der Waals surface area contributed by atoms with Crippen molar-refractivity contribution in [2.45, 2.75) is 69.2 Å². The Morgan fingerprint density at radius 1 is 1.00 bits per heavy atom. The topological polar surface area (TPSA) is 30.5 Å². The van der Waals surface area contributed by atoms with E-state index < -0.39 is 0 Å². The molecule has 1 aromatic rings. The van der Waals surface area contributed by atoms with Gasteiger partial charge in [-0.25, -0.2) is 0 Å². The van der Waals surface area contributed by atoms with Crippen LogP contribution >= 0.6 is 0 Å². The summed E-state index contributed by atoms with van der Waals surface area (Å²) >= 11 is 0. The van der Waals surface area contributed by atoms with Crippen LogP contribution in [0, 0.1) is 5.92 Å². The van der Waals surface area contributed by atoms with Gasteiger partial charge in [-0.1, -0.05) is 49.6 Å². The van der Waals surface area contributed by atoms with Crippen LogP contribution in [0.2, 0.25) is 0 Å². The number of hydrogen-bond donors (Lipinski definition) is 1. The van der Waals surface area contributed by atoms with Gasteiger partial charge in [0, 0.05) is 24.9 Å². The lowest BCUT2D eigenvalue weighted by molar-refractivity contribution is -0.179. The summed E-state index contributed by atoms with van der Waals surface area (Å²) in [5.74, 6) is 0.679. The van der Waals surface area contributed by atoms with Crippen LogP contribution in [-0.2, 0) is 9.47 Å². The summed E-state index contributed by atoms with van der Waals surface area (Å²) in [4.78, 5) is 0. The van der Waals surface area contributed by atoms with E-state index in [2.05, 4.69) is 35.6 Å². The Morgan fingerprint density at radius 2 is 1.70 bits per heavy atom. The summed E-state index contributed by atoms with van der Waals surface area (Å²) in [5.41, 5.74) is 1.45. The average molecular weight is 315 g/mol. The van der Waals surface area contributed by atoms with Gasteiger partial charge in [-0.2, -0.15) is 0 Å². The Hall–Kier alpha value is -0.900. The molecule has 3 heteroatoms. The monoisotopic (exact) mass is 315 g/mol. The molecular weight excluding hydrogens is 286 g/mol. The number of nitrogens with one attached hydrogen (secondary N) is 1. The molecular formula is C20H29NO2. The summed E-state index contributed by atoms with van der Waals surface area (Å²) in [6.45, 7) is 1.54. The Bertz CT molecular complexity index is 484. The van der Waals surface area contributed by atoms with Crippen molar-refractivity contribution in [1.29, 1.82) is 0 Å². The minimum absolute atomic E-state index is 0.242. The zero-order chi connectivity index (χ0) is 15.5. The highest BCUT2D eigenvalue weighted by Gasteiger charge is 2.40. The van der Waals surface area contributed by atoms with Crippen LogP contribution in [-0.4, -0.2) is 25.0 Å². The van der Waals surface area contributed by atoms with Crippen molar-refractivity contribution in [3.05, 3.63) is 35.9 Å². The van der Waals surface area contributed by atoms with E-state index in [1.165, 1.54) is 31.2 Å². The number of hydrogen-bond acceptors (Lipinski definition) is 3. The first kappa shape index (κ1) is 15.6. The minimum Gasteiger partial charge on any atom is -0.348 e. The van der Waals surface area contributed by atoms with Crippen molar-refractivity contribution >= 4 is 0 Å². The molecule has 1 spiro atoms. The van der Waals surface area contributed by atoms with E-state index in [0.717, 1.165) is 44.8 Å². The molecule has 0 bridgehead atoms. The Balaban J connectivity index is 1.37. The molecule has 4 rings (SSSR count). The maximum absolute atomic E-state index is 5.86. The zero-order valence-corrected chi connectivity index (χ0v) is 14.0. The molecule has 126 valence electrons. The summed E-state index contributed by atoms with van der Waals surface area (Å²) in [5, 5.41) is 3.97. The van der Waals surface area contributed by atoms with Crippen LogP contribution in [0.15, 0.2) is 30.3 Å². The molecule has 1 atom stereocenters. The predicted molar refractivity (Wildman–Crippen MR) is 91.2 cm³/mol. The summed E-state index contributed by atoms with van der Waals surface area (Å²) in [6.07, 6.45) is 9.94. The molecule has 3 nitrogen and oxygen atoms in total. The molecule has 0 unspecified atom stereocenters. The SMILES string of the molecule is c1ccc([C@@H](CC2CCC2)NC2CCC3(CC2)OCCO3)cc1. The van der Waals surface area contributed by atoms with Crippen molar-refractivity contribution in [1.82, 2.24) is 5.32 Å². The quantitative estimate of drug-likeness (QED) is 0.883. The highest BCUT2D eigenvalue weighted by Crippen LogP contribution is 2.38. The first-order valence-corrected chi connectivity index (χ1v) is 9.42. The first-order chi connectivity index (χ1) is 11.3. The number of ether oxygens (including phenoxy) is 2. The molecule has 1 aliphatic heterocycles. The lowest BCUT2D eigenvalue weighted by Gasteiger charge is -2.38. The van der Waals surface area contributed by atoms with Crippen molar-refractivity contribution in [3.8, 4) is 0 Å². The summed E-state index contributed by atoms with van der Waals surface area (Å²) in [7, 11) is 0. The van der Waals surface area contributed by atoms with E-state index in [4.69, 9.17) is 9.47 Å². The van der Waals surface area contributed by atoms with Gasteiger partial charge in [0.05, 0.1) is 13.2 Å². The van der Waals surface area contributed by atoms with E-state index in [1.807, 2.05) is 0 Å². The van der Waals surface area contributed by atoms with E-state index in [9.17, 15) is 0 Å². The third kappa shape index (κ3) is 3.62. The minimum atomic E-state index is -0.242. The highest BCUT2D eigenvalue weighted by molar-refractivity contribution is 5.19. The lowest BCUT2D eigenvalue weighted by Crippen LogP contribution is -2.43. The fourth-order valence-electron chi connectivity index (χ4n) is 4.34. The van der Waals surface area contributed by atoms with Gasteiger partial charge in [0.1, 0.15) is 0 Å². The molecule has 2 aliphatic carbocycles. The zero-order valence-electron chi connectivity index (χ0n) is 14.0. The van der Waals surface area contributed by atoms with Crippen LogP contribution < -0.4 is 5.32 Å². The van der Waals surface area contributed by atoms with Gasteiger partial charge in [-0.15, -0.1) is 0 Å². The standard InChI is InChI=1S/C20H29NO2/c1-2-7-17(8-3-1)19(15-16-5-4-6-16)21-18-9-11-20(12-10-18)22-13-14-23-20/h1-3,7-8,16,18-19,21H,4-6,9-15H2/t19-/m1/s1. The second kappa shape index (κ2) is 6.92. The maximum atomic E-state index is 5.86. The van der Waals surface area contributed by atoms with Gasteiger partial charge in [-0.05, 0) is 30.7 Å². The van der Waals surface area contributed by atoms with Crippen LogP contribution in [0.3, 0.4) is 0 Å². The molecule has 3 aliphatic rings. The Morgan fingerprint density at radius 3 is 2.30 bits per heavy atom. The van der Waals surface area contributed by atoms with Gasteiger partial charge >= 0.3 is 0 Å². The Labute approximate surface area is 139 Å². The second-order valence-corrected chi connectivity index (χ2v) is 7.54. The molecule has 0 radical (unpaired) electrons. The van der Waals surface area contributed by atoms with E-state index in [1.54, 1.807) is 0 Å². The first-order valence-electron chi connectivity index (χ1n) is 9.42. The van der Waals surface area contributed by atoms with E-state index in [-0.39, 0.29) is 5.79 Å². The molecule has 1 saturated heterocycles. The number of rotatable bonds is 5. The third-order valence-corrected chi connectivity index (χ3v) is 5.99. The molecule has 23 heavy (non-hydrogen) atoms. The summed E-state index contributed by atoms with van der Waals surface area (Å²) in [6, 6.07) is 12.1. The van der Waals surface area contributed by atoms with Crippen molar-refractivity contribution in [2.75, 3.05) is 13.2 Å². The fraction of sp³-hybridized carbons (Fsp3) is 0.700. The maximum Gasteiger partial charge on any atom is 0.168 e. The number of benzene rings is 1. The predicted octanol–water partition coefficient (Wildman–Crippen LogP) is 4.19. The fourth-order valence-corrected chi connectivity index (χ4v) is 4.34. The van der Waals surface area contributed by atoms with Crippen LogP contribution in [0.4, 0.5) is 0 Å². The third-order valence-electron chi connectivity index (χ3n) is 5.99. The normalized spacial score (nSPS) is 26.3. The van der Waals surface area contributed by atoms with Crippen LogP contribution in [0.5, 0.6) is 0 Å². The molecule has 1 heterocycles. The van der Waals surface area contributed by atoms with Crippen molar-refractivity contribution in [2.24, 2.45) is 5.92 Å². The molecule has 2 saturated carbocycles. The molecule has 1 aromatic carbocycles. The molecule has 0 amide bonds. The smallest absolute Gasteiger partial charge is 0.168 e. The lowest BCUT2D eigenvalue weighted by atomic mass is 9.79. The summed E-state index contributed by atoms with van der Waals surface area (Å²) < 4.78 is 11.7. The van der Waals surface area contributed by atoms with Crippen LogP contribution in [0.25, 0.3) is 0 Å². The molecule has 1 N–H and O–H groups in total. The average Bonchev–Trinajstić information content (AvgIpc) is 3.01. The van der Waals surface area contributed by atoms with Gasteiger partial charge < -0.3 is 14.8 Å². The largest absolute Gasteiger partial charge is 0.348 e. The Kier molecular flexibility index (Phi) is 4.70. The highest BCUT2D eigenvalue weighted by atomic mass is 16.7. The second-order valence-electron chi connectivity index (χ2n) is 7.54. The van der Waals surface area contributed by atoms with E-state index >= 15 is 0 Å². The van der Waals surface area contributed by atoms with Crippen molar-refractivity contribution in [3.63, 3.8) is 0 Å². The molecule has 3 fully saturated rings. The molecule has 0 aromatic heterocycles. The van der Waals surface area contributed by atoms with E-state index in [0.29, 0.717) is 12.1 Å². The van der Waals surface area contributed by atoms with Gasteiger partial charge in [0.2, 0.25) is 0 Å². The van der Waals surface area contributed by atoms with Gasteiger partial charge in [0.15, 0.2) is 5.79 Å². The van der Waals surface area contributed by atoms with Gasteiger partial charge in [0.25, 0.3) is 0 Å². The van der Waals surface area contributed by atoms with Crippen molar-refractivity contribution < 1.29 is 9.47 Å². The van der Waals surface area contributed by atoms with Gasteiger partial charge in [-0.3, -0.25) is 0 Å².